The summed E-state index contributed by atoms with van der Waals surface area (Å²) < 4.78 is 0. The van der Waals surface area contributed by atoms with Crippen LogP contribution in [-0.2, 0) is 6.54 Å². The van der Waals surface area contributed by atoms with E-state index in [-0.39, 0.29) is 0 Å². The molecule has 0 atom stereocenters. The number of para-hydroxylation sites is 1. The first-order valence-electron chi connectivity index (χ1n) is 16.5. The Morgan fingerprint density at radius 3 is 2.22 bits per heavy atom. The fraction of sp³-hybridized carbons (Fsp3) is 0.0667. The first kappa shape index (κ1) is 31.3. The van der Waals surface area contributed by atoms with Gasteiger partial charge in [-0.1, -0.05) is 115 Å². The van der Waals surface area contributed by atoms with Gasteiger partial charge in [-0.25, -0.2) is 9.98 Å². The number of amidine groups is 2. The zero-order valence-corrected chi connectivity index (χ0v) is 27.7. The van der Waals surface area contributed by atoms with Gasteiger partial charge in [-0.15, -0.1) is 0 Å². The maximum Gasteiger partial charge on any atom is 0.161 e. The first-order chi connectivity index (χ1) is 24.1. The SMILES string of the molecule is C=NC(=NC(=NCc1ccccc1)c1ccccc1)c1cc(-c2ccc3c(/C=C\C)c(C)ccc3c2)cc(-c2ccnc3ccccc23)c1. The van der Waals surface area contributed by atoms with Crippen molar-refractivity contribution in [3.8, 4) is 22.3 Å². The molecule has 236 valence electrons. The van der Waals surface area contributed by atoms with Crippen LogP contribution in [0.2, 0.25) is 0 Å². The third-order valence-electron chi connectivity index (χ3n) is 8.75. The molecular formula is C45H36N4. The summed E-state index contributed by atoms with van der Waals surface area (Å²) in [6, 6.07) is 48.2. The standard InChI is InChI=1S/C45H36N4/c1-4-13-39-31(2)20-21-35-26-34(22-23-40(35)39)36-27-37(41-24-25-47-43-19-12-11-18-42(41)43)29-38(28-36)44(46-3)49-45(33-16-9-6-10-17-33)48-30-32-14-7-5-8-15-32/h4-29H,3,30H2,1-2H3/b13-4-,48-45?,49-44?. The molecular weight excluding hydrogens is 597 g/mol. The number of aliphatic imine (C=N–C) groups is 3. The van der Waals surface area contributed by atoms with Crippen molar-refractivity contribution in [2.75, 3.05) is 0 Å². The van der Waals surface area contributed by atoms with Gasteiger partial charge in [0.1, 0.15) is 0 Å². The van der Waals surface area contributed by atoms with Crippen molar-refractivity contribution in [2.24, 2.45) is 15.0 Å². The molecule has 1 aromatic heterocycles. The Hall–Kier alpha value is -6.26. The number of allylic oxidation sites excluding steroid dienone is 1. The lowest BCUT2D eigenvalue weighted by atomic mass is 9.92. The average Bonchev–Trinajstić information content (AvgIpc) is 3.16. The van der Waals surface area contributed by atoms with Gasteiger partial charge in [-0.05, 0) is 107 Å². The number of pyridine rings is 1. The summed E-state index contributed by atoms with van der Waals surface area (Å²) in [5, 5.41) is 3.50. The minimum atomic E-state index is 0.499. The van der Waals surface area contributed by atoms with Crippen molar-refractivity contribution in [3.05, 3.63) is 180 Å². The first-order valence-corrected chi connectivity index (χ1v) is 16.5. The second kappa shape index (κ2) is 14.2. The maximum atomic E-state index is 5.09. The normalized spacial score (nSPS) is 12.2. The van der Waals surface area contributed by atoms with Crippen LogP contribution in [0.5, 0.6) is 0 Å². The van der Waals surface area contributed by atoms with Gasteiger partial charge in [-0.2, -0.15) is 0 Å². The Morgan fingerprint density at radius 2 is 1.43 bits per heavy atom. The molecule has 6 aromatic carbocycles. The second-order valence-corrected chi connectivity index (χ2v) is 12.0. The van der Waals surface area contributed by atoms with E-state index in [1.807, 2.05) is 66.9 Å². The van der Waals surface area contributed by atoms with Crippen LogP contribution in [0, 0.1) is 6.92 Å². The maximum absolute atomic E-state index is 5.09. The van der Waals surface area contributed by atoms with Crippen LogP contribution in [0.15, 0.2) is 167 Å². The third-order valence-corrected chi connectivity index (χ3v) is 8.75. The largest absolute Gasteiger partial charge is 0.261 e. The zero-order chi connectivity index (χ0) is 33.6. The van der Waals surface area contributed by atoms with Crippen molar-refractivity contribution < 1.29 is 0 Å². The molecule has 0 unspecified atom stereocenters. The Morgan fingerprint density at radius 1 is 0.673 bits per heavy atom. The summed E-state index contributed by atoms with van der Waals surface area (Å²) in [5.74, 6) is 1.11. The number of aromatic nitrogens is 1. The van der Waals surface area contributed by atoms with Gasteiger partial charge in [0.05, 0.1) is 12.1 Å². The van der Waals surface area contributed by atoms with Gasteiger partial charge in [0.2, 0.25) is 0 Å². The van der Waals surface area contributed by atoms with E-state index in [0.717, 1.165) is 49.8 Å². The van der Waals surface area contributed by atoms with Crippen LogP contribution in [0.3, 0.4) is 0 Å². The summed E-state index contributed by atoms with van der Waals surface area (Å²) in [7, 11) is 0. The number of aryl methyl sites for hydroxylation is 1. The van der Waals surface area contributed by atoms with Crippen LogP contribution >= 0.6 is 0 Å². The molecule has 0 aliphatic carbocycles. The van der Waals surface area contributed by atoms with Crippen molar-refractivity contribution in [1.29, 1.82) is 0 Å². The second-order valence-electron chi connectivity index (χ2n) is 12.0. The third kappa shape index (κ3) is 6.76. The molecule has 4 heteroatoms. The van der Waals surface area contributed by atoms with Gasteiger partial charge in [-0.3, -0.25) is 9.98 Å². The van der Waals surface area contributed by atoms with Gasteiger partial charge in [0.25, 0.3) is 0 Å². The van der Waals surface area contributed by atoms with Crippen LogP contribution in [-0.4, -0.2) is 23.4 Å². The van der Waals surface area contributed by atoms with Crippen LogP contribution in [0.25, 0.3) is 50.0 Å². The molecule has 4 nitrogen and oxygen atoms in total. The van der Waals surface area contributed by atoms with Gasteiger partial charge in [0.15, 0.2) is 11.7 Å². The minimum absolute atomic E-state index is 0.499. The average molecular weight is 633 g/mol. The van der Waals surface area contributed by atoms with Gasteiger partial charge in [0, 0.05) is 22.7 Å². The molecule has 0 N–H and O–H groups in total. The Labute approximate surface area is 287 Å². The molecule has 0 amide bonds. The van der Waals surface area contributed by atoms with E-state index < -0.39 is 0 Å². The number of benzene rings is 6. The minimum Gasteiger partial charge on any atom is -0.261 e. The molecule has 0 fully saturated rings. The quantitative estimate of drug-likeness (QED) is 0.127. The predicted octanol–water partition coefficient (Wildman–Crippen LogP) is 11.2. The van der Waals surface area contributed by atoms with E-state index in [1.54, 1.807) is 0 Å². The Balaban J connectivity index is 1.42. The molecule has 7 rings (SSSR count). The molecule has 0 saturated carbocycles. The molecule has 0 radical (unpaired) electrons. The highest BCUT2D eigenvalue weighted by atomic mass is 15.0. The number of rotatable bonds is 7. The molecule has 7 aromatic rings. The number of fused-ring (bicyclic) bond motifs is 2. The lowest BCUT2D eigenvalue weighted by Gasteiger charge is -2.14. The van der Waals surface area contributed by atoms with E-state index >= 15 is 0 Å². The van der Waals surface area contributed by atoms with Crippen molar-refractivity contribution in [1.82, 2.24) is 4.98 Å². The monoisotopic (exact) mass is 632 g/mol. The smallest absolute Gasteiger partial charge is 0.161 e. The summed E-state index contributed by atoms with van der Waals surface area (Å²) in [4.78, 5) is 19.2. The van der Waals surface area contributed by atoms with Crippen LogP contribution < -0.4 is 0 Å². The highest BCUT2D eigenvalue weighted by molar-refractivity contribution is 6.13. The number of hydrogen-bond donors (Lipinski definition) is 0. The number of hydrogen-bond acceptors (Lipinski definition) is 2. The topological polar surface area (TPSA) is 50.0 Å². The molecule has 0 saturated heterocycles. The molecule has 0 aliphatic heterocycles. The Kier molecular flexibility index (Phi) is 9.11. The molecule has 0 spiro atoms. The van der Waals surface area contributed by atoms with Crippen LogP contribution in [0.4, 0.5) is 0 Å². The zero-order valence-electron chi connectivity index (χ0n) is 27.7. The summed E-state index contributed by atoms with van der Waals surface area (Å²) in [6.07, 6.45) is 6.16. The molecule has 49 heavy (non-hydrogen) atoms. The fourth-order valence-corrected chi connectivity index (χ4v) is 6.28. The van der Waals surface area contributed by atoms with Gasteiger partial charge >= 0.3 is 0 Å². The van der Waals surface area contributed by atoms with E-state index in [9.17, 15) is 0 Å². The van der Waals surface area contributed by atoms with Gasteiger partial charge < -0.3 is 0 Å². The lowest BCUT2D eigenvalue weighted by Crippen LogP contribution is -2.06. The van der Waals surface area contributed by atoms with E-state index in [4.69, 9.17) is 9.98 Å². The Bertz CT molecular complexity index is 2380. The molecule has 0 aliphatic rings. The van der Waals surface area contributed by atoms with E-state index in [0.29, 0.717) is 18.2 Å². The summed E-state index contributed by atoms with van der Waals surface area (Å²) in [5.41, 5.74) is 10.6. The molecule has 0 bridgehead atoms. The summed E-state index contributed by atoms with van der Waals surface area (Å²) in [6.45, 7) is 8.70. The fourth-order valence-electron chi connectivity index (χ4n) is 6.28. The van der Waals surface area contributed by atoms with Crippen molar-refractivity contribution in [3.63, 3.8) is 0 Å². The predicted molar refractivity (Wildman–Crippen MR) is 209 cm³/mol. The lowest BCUT2D eigenvalue weighted by molar-refractivity contribution is 1.06. The van der Waals surface area contributed by atoms with Crippen molar-refractivity contribution in [2.45, 2.75) is 20.4 Å². The van der Waals surface area contributed by atoms with E-state index in [2.05, 4.69) is 122 Å². The van der Waals surface area contributed by atoms with E-state index in [1.165, 1.54) is 21.9 Å². The number of nitrogens with zero attached hydrogens (tertiary/aromatic N) is 4. The molecule has 1 heterocycles. The highest BCUT2D eigenvalue weighted by Gasteiger charge is 2.14. The summed E-state index contributed by atoms with van der Waals surface area (Å²) >= 11 is 0. The van der Waals surface area contributed by atoms with Crippen LogP contribution in [0.1, 0.15) is 34.7 Å². The highest BCUT2D eigenvalue weighted by Crippen LogP contribution is 2.35. The van der Waals surface area contributed by atoms with Crippen molar-refractivity contribution >= 4 is 46.1 Å².